The smallest absolute Gasteiger partial charge is 0.319 e. The normalized spacial score (nSPS) is 10.4. The van der Waals surface area contributed by atoms with Crippen molar-refractivity contribution in [3.8, 4) is 5.75 Å². The van der Waals surface area contributed by atoms with Crippen LogP contribution in [0.2, 0.25) is 0 Å². The third kappa shape index (κ3) is 5.62. The van der Waals surface area contributed by atoms with E-state index in [0.717, 1.165) is 5.75 Å². The first-order chi connectivity index (χ1) is 11.0. The van der Waals surface area contributed by atoms with Gasteiger partial charge < -0.3 is 15.4 Å². The molecule has 0 bridgehead atoms. The summed E-state index contributed by atoms with van der Waals surface area (Å²) < 4.78 is 19.0. The van der Waals surface area contributed by atoms with Gasteiger partial charge in [0.25, 0.3) is 0 Å². The Bertz CT molecular complexity index is 642. The van der Waals surface area contributed by atoms with E-state index < -0.39 is 0 Å². The number of halogens is 1. The van der Waals surface area contributed by atoms with Gasteiger partial charge in [-0.25, -0.2) is 9.18 Å². The van der Waals surface area contributed by atoms with Crippen LogP contribution in [0.15, 0.2) is 48.5 Å². The topological polar surface area (TPSA) is 50.4 Å². The van der Waals surface area contributed by atoms with Crippen LogP contribution in [-0.4, -0.2) is 18.7 Å². The van der Waals surface area contributed by atoms with Crippen LogP contribution in [0, 0.1) is 5.82 Å². The fourth-order valence-electron chi connectivity index (χ4n) is 2.08. The summed E-state index contributed by atoms with van der Waals surface area (Å²) in [6, 6.07) is 13.4. The molecule has 0 aliphatic carbocycles. The van der Waals surface area contributed by atoms with E-state index in [0.29, 0.717) is 24.2 Å². The maximum Gasteiger partial charge on any atom is 0.319 e. The molecule has 0 aliphatic heterocycles. The number of hydrogen-bond donors (Lipinski definition) is 2. The van der Waals surface area contributed by atoms with Crippen LogP contribution in [0.4, 0.5) is 14.9 Å². The fourth-order valence-corrected chi connectivity index (χ4v) is 2.08. The minimum Gasteiger partial charge on any atom is -0.491 e. The molecule has 0 spiro atoms. The van der Waals surface area contributed by atoms with E-state index in [-0.39, 0.29) is 18.0 Å². The Morgan fingerprint density at radius 1 is 1.13 bits per heavy atom. The van der Waals surface area contributed by atoms with Crippen molar-refractivity contribution in [1.29, 1.82) is 0 Å². The van der Waals surface area contributed by atoms with Gasteiger partial charge in [-0.3, -0.25) is 0 Å². The Labute approximate surface area is 135 Å². The maximum absolute atomic E-state index is 13.4. The zero-order valence-electron chi connectivity index (χ0n) is 13.3. The highest BCUT2D eigenvalue weighted by atomic mass is 19.1. The third-order valence-corrected chi connectivity index (χ3v) is 3.12. The van der Waals surface area contributed by atoms with Gasteiger partial charge in [0.05, 0.1) is 6.10 Å². The first kappa shape index (κ1) is 16.8. The number of amides is 2. The summed E-state index contributed by atoms with van der Waals surface area (Å²) in [4.78, 5) is 11.8. The van der Waals surface area contributed by atoms with Gasteiger partial charge in [0.2, 0.25) is 0 Å². The summed E-state index contributed by atoms with van der Waals surface area (Å²) in [7, 11) is 0. The lowest BCUT2D eigenvalue weighted by atomic mass is 10.1. The lowest BCUT2D eigenvalue weighted by molar-refractivity contribution is 0.242. The van der Waals surface area contributed by atoms with E-state index in [9.17, 15) is 9.18 Å². The van der Waals surface area contributed by atoms with Crippen molar-refractivity contribution in [2.45, 2.75) is 26.4 Å². The molecule has 122 valence electrons. The monoisotopic (exact) mass is 316 g/mol. The number of rotatable bonds is 6. The molecular weight excluding hydrogens is 295 g/mol. The highest BCUT2D eigenvalue weighted by molar-refractivity contribution is 5.89. The average molecular weight is 316 g/mol. The molecule has 2 aromatic carbocycles. The van der Waals surface area contributed by atoms with Crippen molar-refractivity contribution < 1.29 is 13.9 Å². The number of carbonyl (C=O) groups is 1. The van der Waals surface area contributed by atoms with E-state index in [1.807, 2.05) is 13.8 Å². The van der Waals surface area contributed by atoms with E-state index in [1.54, 1.807) is 42.5 Å². The van der Waals surface area contributed by atoms with Crippen LogP contribution < -0.4 is 15.4 Å². The minimum atomic E-state index is -0.320. The molecule has 0 unspecified atom stereocenters. The molecule has 2 rings (SSSR count). The van der Waals surface area contributed by atoms with Gasteiger partial charge in [-0.15, -0.1) is 0 Å². The van der Waals surface area contributed by atoms with Gasteiger partial charge >= 0.3 is 6.03 Å². The molecule has 2 amide bonds. The van der Waals surface area contributed by atoms with Gasteiger partial charge in [-0.1, -0.05) is 18.2 Å². The highest BCUT2D eigenvalue weighted by Gasteiger charge is 2.04. The second kappa shape index (κ2) is 8.17. The van der Waals surface area contributed by atoms with E-state index >= 15 is 0 Å². The van der Waals surface area contributed by atoms with Gasteiger partial charge in [0.15, 0.2) is 0 Å². The maximum atomic E-state index is 13.4. The van der Waals surface area contributed by atoms with Gasteiger partial charge in [-0.05, 0) is 56.2 Å². The molecule has 5 heteroatoms. The summed E-state index contributed by atoms with van der Waals surface area (Å²) >= 11 is 0. The molecule has 2 N–H and O–H groups in total. The first-order valence-electron chi connectivity index (χ1n) is 7.59. The quantitative estimate of drug-likeness (QED) is 0.847. The summed E-state index contributed by atoms with van der Waals surface area (Å²) in [5, 5.41) is 5.43. The molecular formula is C18H21FN2O2. The molecule has 4 nitrogen and oxygen atoms in total. The Morgan fingerprint density at radius 3 is 2.48 bits per heavy atom. The van der Waals surface area contributed by atoms with E-state index in [1.165, 1.54) is 6.07 Å². The number of nitrogens with one attached hydrogen (secondary N) is 2. The zero-order valence-corrected chi connectivity index (χ0v) is 13.3. The Balaban J connectivity index is 1.77. The molecule has 0 fully saturated rings. The van der Waals surface area contributed by atoms with Crippen molar-refractivity contribution in [3.63, 3.8) is 0 Å². The second-order valence-corrected chi connectivity index (χ2v) is 5.41. The Kier molecular flexibility index (Phi) is 5.97. The third-order valence-electron chi connectivity index (χ3n) is 3.12. The largest absolute Gasteiger partial charge is 0.491 e. The van der Waals surface area contributed by atoms with Gasteiger partial charge in [0.1, 0.15) is 11.6 Å². The van der Waals surface area contributed by atoms with Crippen LogP contribution in [0.25, 0.3) is 0 Å². The molecule has 0 radical (unpaired) electrons. The molecule has 0 saturated heterocycles. The molecule has 23 heavy (non-hydrogen) atoms. The molecule has 0 aromatic heterocycles. The number of ether oxygens (including phenoxy) is 1. The predicted molar refractivity (Wildman–Crippen MR) is 89.3 cm³/mol. The lowest BCUT2D eigenvalue weighted by Gasteiger charge is -2.11. The number of hydrogen-bond acceptors (Lipinski definition) is 2. The number of urea groups is 1. The van der Waals surface area contributed by atoms with Crippen LogP contribution in [0.1, 0.15) is 19.4 Å². The average Bonchev–Trinajstić information content (AvgIpc) is 2.51. The molecule has 2 aromatic rings. The van der Waals surface area contributed by atoms with Crippen molar-refractivity contribution in [1.82, 2.24) is 5.32 Å². The zero-order chi connectivity index (χ0) is 16.7. The van der Waals surface area contributed by atoms with E-state index in [4.69, 9.17) is 4.74 Å². The standard InChI is InChI=1S/C18H21FN2O2/c1-13(2)23-16-9-7-15(8-10-16)21-18(22)20-12-11-14-5-3-4-6-17(14)19/h3-10,13H,11-12H2,1-2H3,(H2,20,21,22). The first-order valence-corrected chi connectivity index (χ1v) is 7.59. The molecule has 0 aliphatic rings. The van der Waals surface area contributed by atoms with Crippen molar-refractivity contribution >= 4 is 11.7 Å². The summed E-state index contributed by atoms with van der Waals surface area (Å²) in [6.07, 6.45) is 0.553. The lowest BCUT2D eigenvalue weighted by Crippen LogP contribution is -2.30. The van der Waals surface area contributed by atoms with Crippen molar-refractivity contribution in [2.75, 3.05) is 11.9 Å². The molecule has 0 heterocycles. The summed E-state index contributed by atoms with van der Waals surface area (Å²) in [6.45, 7) is 4.27. The number of anilines is 1. The molecule has 0 saturated carbocycles. The van der Waals surface area contributed by atoms with Crippen LogP contribution in [0.5, 0.6) is 5.75 Å². The Hall–Kier alpha value is -2.56. The summed E-state index contributed by atoms with van der Waals surface area (Å²) in [5.41, 5.74) is 1.26. The van der Waals surface area contributed by atoms with E-state index in [2.05, 4.69) is 10.6 Å². The van der Waals surface area contributed by atoms with Crippen molar-refractivity contribution in [2.24, 2.45) is 0 Å². The van der Waals surface area contributed by atoms with Crippen LogP contribution >= 0.6 is 0 Å². The van der Waals surface area contributed by atoms with Crippen molar-refractivity contribution in [3.05, 3.63) is 59.9 Å². The molecule has 0 atom stereocenters. The number of benzene rings is 2. The Morgan fingerprint density at radius 2 is 1.83 bits per heavy atom. The fraction of sp³-hybridized carbons (Fsp3) is 0.278. The van der Waals surface area contributed by atoms with Gasteiger partial charge in [-0.2, -0.15) is 0 Å². The van der Waals surface area contributed by atoms with Crippen LogP contribution in [0.3, 0.4) is 0 Å². The van der Waals surface area contributed by atoms with Gasteiger partial charge in [0, 0.05) is 12.2 Å². The summed E-state index contributed by atoms with van der Waals surface area (Å²) in [5.74, 6) is 0.501. The second-order valence-electron chi connectivity index (χ2n) is 5.41. The minimum absolute atomic E-state index is 0.107. The predicted octanol–water partition coefficient (Wildman–Crippen LogP) is 3.98. The number of carbonyl (C=O) groups excluding carboxylic acids is 1. The highest BCUT2D eigenvalue weighted by Crippen LogP contribution is 2.16. The van der Waals surface area contributed by atoms with Crippen LogP contribution in [-0.2, 0) is 6.42 Å². The SMILES string of the molecule is CC(C)Oc1ccc(NC(=O)NCCc2ccccc2F)cc1.